The maximum atomic E-state index is 12.3. The highest BCUT2D eigenvalue weighted by molar-refractivity contribution is 7.22. The maximum absolute atomic E-state index is 12.3. The third kappa shape index (κ3) is 3.42. The molecule has 0 amide bonds. The molecule has 0 fully saturated rings. The summed E-state index contributed by atoms with van der Waals surface area (Å²) in [6, 6.07) is 14.2. The SMILES string of the molecule is CCc1n[nH]c(=O)c2ccc(-c3cnn(C)c3-c3sc4cc(COC)ccc4c3C#N)cc12. The Morgan fingerprint density at radius 2 is 2.00 bits per heavy atom. The normalized spacial score (nSPS) is 11.3. The highest BCUT2D eigenvalue weighted by Crippen LogP contribution is 2.42. The first-order valence-electron chi connectivity index (χ1n) is 10.5. The summed E-state index contributed by atoms with van der Waals surface area (Å²) in [5.74, 6) is 0. The third-order valence-corrected chi connectivity index (χ3v) is 7.00. The van der Waals surface area contributed by atoms with Gasteiger partial charge in [-0.25, -0.2) is 5.10 Å². The number of aromatic amines is 1. The Hall–Kier alpha value is -3.80. The Morgan fingerprint density at radius 3 is 2.76 bits per heavy atom. The van der Waals surface area contributed by atoms with Crippen molar-refractivity contribution in [2.75, 3.05) is 7.11 Å². The summed E-state index contributed by atoms with van der Waals surface area (Å²) in [7, 11) is 3.55. The lowest BCUT2D eigenvalue weighted by Gasteiger charge is -2.08. The number of ether oxygens (including phenoxy) is 1. The van der Waals surface area contributed by atoms with Crippen LogP contribution in [-0.4, -0.2) is 27.1 Å². The number of aromatic nitrogens is 4. The van der Waals surface area contributed by atoms with Crippen LogP contribution in [0.5, 0.6) is 0 Å². The molecule has 0 spiro atoms. The van der Waals surface area contributed by atoms with Gasteiger partial charge in [0.1, 0.15) is 6.07 Å². The first kappa shape index (κ1) is 21.1. The fraction of sp³-hybridized carbons (Fsp3) is 0.200. The number of nitrogens with zero attached hydrogens (tertiary/aromatic N) is 4. The smallest absolute Gasteiger partial charge is 0.272 e. The van der Waals surface area contributed by atoms with Gasteiger partial charge in [-0.05, 0) is 35.7 Å². The molecule has 0 radical (unpaired) electrons. The molecule has 0 atom stereocenters. The largest absolute Gasteiger partial charge is 0.380 e. The maximum Gasteiger partial charge on any atom is 0.272 e. The van der Waals surface area contributed by atoms with Crippen LogP contribution in [0.3, 0.4) is 0 Å². The third-order valence-electron chi connectivity index (χ3n) is 5.84. The van der Waals surface area contributed by atoms with Gasteiger partial charge in [-0.15, -0.1) is 11.3 Å². The van der Waals surface area contributed by atoms with E-state index in [2.05, 4.69) is 27.4 Å². The summed E-state index contributed by atoms with van der Waals surface area (Å²) in [6.45, 7) is 2.53. The van der Waals surface area contributed by atoms with E-state index in [0.29, 0.717) is 24.0 Å². The van der Waals surface area contributed by atoms with E-state index in [-0.39, 0.29) is 5.56 Å². The Morgan fingerprint density at radius 1 is 1.18 bits per heavy atom. The molecule has 0 aliphatic rings. The Bertz CT molecular complexity index is 1620. The van der Waals surface area contributed by atoms with E-state index in [1.807, 2.05) is 50.5 Å². The summed E-state index contributed by atoms with van der Waals surface area (Å²) in [4.78, 5) is 13.1. The minimum absolute atomic E-state index is 0.205. The van der Waals surface area contributed by atoms with E-state index in [9.17, 15) is 10.1 Å². The molecule has 33 heavy (non-hydrogen) atoms. The van der Waals surface area contributed by atoms with Crippen LogP contribution in [0.1, 0.15) is 23.7 Å². The number of aryl methyl sites for hydroxylation is 2. The highest BCUT2D eigenvalue weighted by Gasteiger charge is 2.21. The van der Waals surface area contributed by atoms with Crippen molar-refractivity contribution in [2.24, 2.45) is 7.05 Å². The Kier molecular flexibility index (Phi) is 5.29. The van der Waals surface area contributed by atoms with Crippen LogP contribution >= 0.6 is 11.3 Å². The fourth-order valence-electron chi connectivity index (χ4n) is 4.25. The average Bonchev–Trinajstić information content (AvgIpc) is 3.38. The molecule has 8 heteroatoms. The quantitative estimate of drug-likeness (QED) is 0.411. The molecule has 0 aliphatic heterocycles. The molecule has 0 unspecified atom stereocenters. The number of benzene rings is 2. The van der Waals surface area contributed by atoms with E-state index in [1.54, 1.807) is 23.1 Å². The second kappa shape index (κ2) is 8.28. The lowest BCUT2D eigenvalue weighted by Crippen LogP contribution is -2.10. The monoisotopic (exact) mass is 455 g/mol. The van der Waals surface area contributed by atoms with E-state index < -0.39 is 0 Å². The van der Waals surface area contributed by atoms with Crippen LogP contribution in [0, 0.1) is 11.3 Å². The second-order valence-corrected chi connectivity index (χ2v) is 8.88. The Labute approximate surface area is 193 Å². The van der Waals surface area contributed by atoms with Gasteiger partial charge < -0.3 is 4.74 Å². The van der Waals surface area contributed by atoms with Crippen molar-refractivity contribution >= 4 is 32.2 Å². The van der Waals surface area contributed by atoms with Crippen molar-refractivity contribution in [3.63, 3.8) is 0 Å². The van der Waals surface area contributed by atoms with Gasteiger partial charge in [0.15, 0.2) is 0 Å². The van der Waals surface area contributed by atoms with Crippen molar-refractivity contribution in [3.05, 3.63) is 69.8 Å². The van der Waals surface area contributed by atoms with Gasteiger partial charge in [0, 0.05) is 35.2 Å². The predicted molar refractivity (Wildman–Crippen MR) is 130 cm³/mol. The van der Waals surface area contributed by atoms with Crippen LogP contribution in [0.25, 0.3) is 42.6 Å². The molecule has 5 rings (SSSR count). The summed E-state index contributed by atoms with van der Waals surface area (Å²) in [5, 5.41) is 23.7. The zero-order valence-electron chi connectivity index (χ0n) is 18.5. The number of methoxy groups -OCH3 is 1. The first-order valence-corrected chi connectivity index (χ1v) is 11.4. The molecule has 3 heterocycles. The molecule has 5 aromatic rings. The molecule has 7 nitrogen and oxygen atoms in total. The van der Waals surface area contributed by atoms with E-state index in [4.69, 9.17) is 4.74 Å². The molecular weight excluding hydrogens is 434 g/mol. The van der Waals surface area contributed by atoms with Crippen LogP contribution in [-0.2, 0) is 24.8 Å². The molecular formula is C25H21N5O2S. The minimum Gasteiger partial charge on any atom is -0.380 e. The number of hydrogen-bond donors (Lipinski definition) is 1. The molecule has 0 saturated heterocycles. The number of fused-ring (bicyclic) bond motifs is 2. The summed E-state index contributed by atoms with van der Waals surface area (Å²) < 4.78 is 8.10. The number of H-pyrrole nitrogens is 1. The zero-order valence-corrected chi connectivity index (χ0v) is 19.3. The minimum atomic E-state index is -0.205. The van der Waals surface area contributed by atoms with Crippen molar-refractivity contribution in [1.29, 1.82) is 5.26 Å². The van der Waals surface area contributed by atoms with Crippen molar-refractivity contribution in [2.45, 2.75) is 20.0 Å². The topological polar surface area (TPSA) is 96.6 Å². The number of thiophene rings is 1. The lowest BCUT2D eigenvalue weighted by atomic mass is 9.99. The van der Waals surface area contributed by atoms with Crippen LogP contribution in [0.15, 0.2) is 47.4 Å². The van der Waals surface area contributed by atoms with Gasteiger partial charge in [-0.3, -0.25) is 9.48 Å². The first-order chi connectivity index (χ1) is 16.0. The molecule has 2 aromatic carbocycles. The molecule has 0 bridgehead atoms. The molecule has 0 saturated carbocycles. The van der Waals surface area contributed by atoms with Crippen molar-refractivity contribution in [3.8, 4) is 27.8 Å². The van der Waals surface area contributed by atoms with E-state index in [1.165, 1.54) is 0 Å². The highest BCUT2D eigenvalue weighted by atomic mass is 32.1. The van der Waals surface area contributed by atoms with Gasteiger partial charge in [-0.1, -0.05) is 25.1 Å². The van der Waals surface area contributed by atoms with Crippen LogP contribution in [0.2, 0.25) is 0 Å². The Balaban J connectivity index is 1.74. The fourth-order valence-corrected chi connectivity index (χ4v) is 5.56. The zero-order chi connectivity index (χ0) is 23.1. The van der Waals surface area contributed by atoms with Gasteiger partial charge in [-0.2, -0.15) is 15.5 Å². The standard InChI is InChI=1S/C25H21N5O2S/c1-4-21-18-10-15(6-8-17(18)25(31)29-28-21)20-12-27-30(2)23(20)24-19(11-26)16-7-5-14(13-32-3)9-22(16)33-24/h5-10,12H,4,13H2,1-3H3,(H,29,31). The molecule has 3 aromatic heterocycles. The average molecular weight is 456 g/mol. The number of nitriles is 1. The summed E-state index contributed by atoms with van der Waals surface area (Å²) >= 11 is 1.58. The van der Waals surface area contributed by atoms with Gasteiger partial charge in [0.05, 0.1) is 40.0 Å². The number of rotatable bonds is 5. The lowest BCUT2D eigenvalue weighted by molar-refractivity contribution is 0.185. The summed E-state index contributed by atoms with van der Waals surface area (Å²) in [5.41, 5.74) is 5.03. The molecule has 0 aliphatic carbocycles. The van der Waals surface area contributed by atoms with Crippen molar-refractivity contribution < 1.29 is 4.74 Å². The molecule has 164 valence electrons. The van der Waals surface area contributed by atoms with Crippen LogP contribution < -0.4 is 5.56 Å². The van der Waals surface area contributed by atoms with Crippen molar-refractivity contribution in [1.82, 2.24) is 20.0 Å². The number of hydrogen-bond acceptors (Lipinski definition) is 6. The van der Waals surface area contributed by atoms with Crippen LogP contribution in [0.4, 0.5) is 0 Å². The van der Waals surface area contributed by atoms with Gasteiger partial charge in [0.25, 0.3) is 5.56 Å². The van der Waals surface area contributed by atoms with E-state index >= 15 is 0 Å². The predicted octanol–water partition coefficient (Wildman–Crippen LogP) is 4.79. The van der Waals surface area contributed by atoms with Gasteiger partial charge in [0.2, 0.25) is 0 Å². The second-order valence-electron chi connectivity index (χ2n) is 7.83. The summed E-state index contributed by atoms with van der Waals surface area (Å²) in [6.07, 6.45) is 2.51. The number of nitrogens with one attached hydrogen (secondary N) is 1. The van der Waals surface area contributed by atoms with Gasteiger partial charge >= 0.3 is 0 Å². The van der Waals surface area contributed by atoms with E-state index in [0.717, 1.165) is 48.4 Å². The molecule has 1 N–H and O–H groups in total.